The predicted molar refractivity (Wildman–Crippen MR) is 204 cm³/mol. The predicted octanol–water partition coefficient (Wildman–Crippen LogP) is 6.17. The monoisotopic (exact) mass is 818 g/mol. The molecule has 9 nitrogen and oxygen atoms in total. The second-order valence-corrected chi connectivity index (χ2v) is 18.4. The van der Waals surface area contributed by atoms with Crippen LogP contribution in [0, 0.1) is 23.3 Å². The Balaban J connectivity index is 0.000000215. The number of carbonyl (C=O) groups is 1. The normalized spacial score (nSPS) is 16.2. The number of hydrogen-bond donors (Lipinski definition) is 1. The average Bonchev–Trinajstić information content (AvgIpc) is 3.20. The number of aliphatic hydroxyl groups is 1. The number of ether oxygens (including phenoxy) is 1. The van der Waals surface area contributed by atoms with Crippen molar-refractivity contribution in [1.29, 1.82) is 0 Å². The zero-order valence-electron chi connectivity index (χ0n) is 31.0. The number of methoxy groups -OCH3 is 1. The number of sulfone groups is 2. The summed E-state index contributed by atoms with van der Waals surface area (Å²) in [6, 6.07) is 19.3. The lowest BCUT2D eigenvalue weighted by atomic mass is 10.1. The second kappa shape index (κ2) is 19.3. The number of nitrogens with zero attached hydrogens (tertiary/aromatic N) is 2. The minimum atomic E-state index is -3.49. The standard InChI is InChI=1S/C21H23F2NO4S.C20H23F2NO3S/c1-28-21(25)16-3-6-18(7-4-16)29(26,27)19-9-12-24(13-10-19)11-8-15-2-5-17(22)14-20(15)23;21-17-4-3-16(20(22)13-17)7-10-23-11-8-19(9-12-23)27(25,26)18-5-1-15(14-24)2-6-18/h2-7,14,19H,8-13H2,1H3;1-6,13,19,24H,7-12,14H2. The van der Waals surface area contributed by atoms with E-state index in [4.69, 9.17) is 5.11 Å². The van der Waals surface area contributed by atoms with Crippen molar-refractivity contribution in [2.24, 2.45) is 0 Å². The third-order valence-electron chi connectivity index (χ3n) is 10.4. The first-order valence-electron chi connectivity index (χ1n) is 18.4. The number of hydrogen-bond acceptors (Lipinski definition) is 9. The zero-order valence-corrected chi connectivity index (χ0v) is 32.7. The van der Waals surface area contributed by atoms with Crippen molar-refractivity contribution >= 4 is 25.6 Å². The zero-order chi connectivity index (χ0) is 40.5. The SMILES string of the molecule is COC(=O)c1ccc(S(=O)(=O)C2CCN(CCc3ccc(F)cc3F)CC2)cc1.O=S(=O)(c1ccc(CO)cc1)C1CCN(CCc2ccc(F)cc2F)CC1. The van der Waals surface area contributed by atoms with Crippen LogP contribution in [0.1, 0.15) is 52.7 Å². The van der Waals surface area contributed by atoms with Crippen LogP contribution < -0.4 is 0 Å². The van der Waals surface area contributed by atoms with Crippen LogP contribution in [0.3, 0.4) is 0 Å². The van der Waals surface area contributed by atoms with E-state index in [1.807, 2.05) is 0 Å². The first kappa shape index (κ1) is 43.0. The van der Waals surface area contributed by atoms with Gasteiger partial charge in [-0.25, -0.2) is 39.2 Å². The summed E-state index contributed by atoms with van der Waals surface area (Å²) in [5.74, 6) is -2.80. The van der Waals surface area contributed by atoms with Gasteiger partial charge in [0.2, 0.25) is 0 Å². The molecule has 2 saturated heterocycles. The first-order valence-corrected chi connectivity index (χ1v) is 21.5. The minimum absolute atomic E-state index is 0.118. The molecule has 0 saturated carbocycles. The molecule has 0 bridgehead atoms. The quantitative estimate of drug-likeness (QED) is 0.132. The molecule has 302 valence electrons. The summed E-state index contributed by atoms with van der Waals surface area (Å²) in [6.45, 7) is 3.51. The molecule has 56 heavy (non-hydrogen) atoms. The van der Waals surface area contributed by atoms with Gasteiger partial charge in [-0.3, -0.25) is 0 Å². The molecule has 4 aromatic rings. The maximum absolute atomic E-state index is 13.7. The maximum atomic E-state index is 13.7. The van der Waals surface area contributed by atoms with E-state index >= 15 is 0 Å². The van der Waals surface area contributed by atoms with Crippen LogP contribution in [0.5, 0.6) is 0 Å². The number of aliphatic hydroxyl groups excluding tert-OH is 1. The Kier molecular flexibility index (Phi) is 14.8. The molecule has 15 heteroatoms. The average molecular weight is 819 g/mol. The van der Waals surface area contributed by atoms with E-state index in [0.29, 0.717) is 100 Å². The Bertz CT molecular complexity index is 2160. The number of halogens is 4. The molecule has 2 fully saturated rings. The Morgan fingerprint density at radius 1 is 0.643 bits per heavy atom. The fraction of sp³-hybridized carbons (Fsp3) is 0.390. The number of piperidine rings is 2. The summed E-state index contributed by atoms with van der Waals surface area (Å²) in [6.07, 6.45) is 2.91. The highest BCUT2D eigenvalue weighted by Crippen LogP contribution is 2.27. The molecule has 2 heterocycles. The molecular formula is C41H46F4N2O7S2. The van der Waals surface area contributed by atoms with E-state index in [0.717, 1.165) is 12.1 Å². The third kappa shape index (κ3) is 11.0. The van der Waals surface area contributed by atoms with Crippen molar-refractivity contribution in [2.75, 3.05) is 46.4 Å². The van der Waals surface area contributed by atoms with Gasteiger partial charge >= 0.3 is 5.97 Å². The molecule has 2 aliphatic rings. The van der Waals surface area contributed by atoms with Gasteiger partial charge in [-0.15, -0.1) is 0 Å². The minimum Gasteiger partial charge on any atom is -0.465 e. The molecule has 0 aromatic heterocycles. The largest absolute Gasteiger partial charge is 0.465 e. The maximum Gasteiger partial charge on any atom is 0.337 e. The van der Waals surface area contributed by atoms with Crippen molar-refractivity contribution in [3.63, 3.8) is 0 Å². The fourth-order valence-electron chi connectivity index (χ4n) is 6.96. The Morgan fingerprint density at radius 3 is 1.39 bits per heavy atom. The summed E-state index contributed by atoms with van der Waals surface area (Å²) < 4.78 is 109. The number of carbonyl (C=O) groups excluding carboxylic acids is 1. The molecule has 0 spiro atoms. The van der Waals surface area contributed by atoms with Crippen LogP contribution in [-0.2, 0) is 43.9 Å². The van der Waals surface area contributed by atoms with Crippen LogP contribution in [0.15, 0.2) is 94.7 Å². The van der Waals surface area contributed by atoms with Gasteiger partial charge in [-0.2, -0.15) is 0 Å². The summed E-state index contributed by atoms with van der Waals surface area (Å²) in [5, 5.41) is 8.15. The van der Waals surface area contributed by atoms with E-state index < -0.39 is 59.4 Å². The summed E-state index contributed by atoms with van der Waals surface area (Å²) in [7, 11) is -5.62. The van der Waals surface area contributed by atoms with Crippen molar-refractivity contribution in [2.45, 2.75) is 65.4 Å². The molecule has 4 aromatic carbocycles. The lowest BCUT2D eigenvalue weighted by Crippen LogP contribution is -2.40. The number of benzene rings is 4. The van der Waals surface area contributed by atoms with Gasteiger partial charge in [0.25, 0.3) is 0 Å². The highest BCUT2D eigenvalue weighted by atomic mass is 32.2. The van der Waals surface area contributed by atoms with Crippen LogP contribution in [0.25, 0.3) is 0 Å². The van der Waals surface area contributed by atoms with E-state index in [1.54, 1.807) is 24.3 Å². The van der Waals surface area contributed by atoms with Crippen molar-refractivity contribution in [1.82, 2.24) is 9.80 Å². The third-order valence-corrected chi connectivity index (χ3v) is 15.0. The summed E-state index contributed by atoms with van der Waals surface area (Å²) in [5.41, 5.74) is 1.90. The van der Waals surface area contributed by atoms with Crippen LogP contribution in [-0.4, -0.2) is 94.6 Å². The van der Waals surface area contributed by atoms with Crippen LogP contribution in [0.2, 0.25) is 0 Å². The van der Waals surface area contributed by atoms with Gasteiger partial charge in [-0.05, 0) is 130 Å². The Hall–Kier alpha value is -4.15. The Morgan fingerprint density at radius 2 is 1.04 bits per heavy atom. The molecule has 0 radical (unpaired) electrons. The van der Waals surface area contributed by atoms with Gasteiger partial charge in [0.1, 0.15) is 23.3 Å². The van der Waals surface area contributed by atoms with Crippen molar-refractivity contribution in [3.8, 4) is 0 Å². The highest BCUT2D eigenvalue weighted by molar-refractivity contribution is 7.92. The van der Waals surface area contributed by atoms with Gasteiger partial charge in [0.05, 0.1) is 39.6 Å². The van der Waals surface area contributed by atoms with E-state index in [2.05, 4.69) is 14.5 Å². The van der Waals surface area contributed by atoms with Gasteiger partial charge in [0, 0.05) is 25.2 Å². The lowest BCUT2D eigenvalue weighted by molar-refractivity contribution is 0.0600. The van der Waals surface area contributed by atoms with Crippen molar-refractivity contribution < 1.29 is 49.0 Å². The lowest BCUT2D eigenvalue weighted by Gasteiger charge is -2.31. The van der Waals surface area contributed by atoms with E-state index in [-0.39, 0.29) is 16.4 Å². The number of likely N-dealkylation sites (tertiary alicyclic amines) is 2. The highest BCUT2D eigenvalue weighted by Gasteiger charge is 2.32. The smallest absolute Gasteiger partial charge is 0.337 e. The molecule has 0 unspecified atom stereocenters. The number of esters is 1. The van der Waals surface area contributed by atoms with Crippen LogP contribution >= 0.6 is 0 Å². The van der Waals surface area contributed by atoms with Crippen molar-refractivity contribution in [3.05, 3.63) is 130 Å². The molecule has 0 atom stereocenters. The van der Waals surface area contributed by atoms with Gasteiger partial charge in [-0.1, -0.05) is 24.3 Å². The first-order chi connectivity index (χ1) is 26.7. The Labute approximate surface area is 325 Å². The number of rotatable bonds is 12. The van der Waals surface area contributed by atoms with Gasteiger partial charge < -0.3 is 19.6 Å². The van der Waals surface area contributed by atoms with E-state index in [1.165, 1.54) is 55.6 Å². The molecule has 1 N–H and O–H groups in total. The van der Waals surface area contributed by atoms with Gasteiger partial charge in [0.15, 0.2) is 19.7 Å². The van der Waals surface area contributed by atoms with E-state index in [9.17, 15) is 39.2 Å². The molecule has 2 aliphatic heterocycles. The fourth-order valence-corrected chi connectivity index (χ4v) is 10.4. The molecule has 0 aliphatic carbocycles. The van der Waals surface area contributed by atoms with Crippen LogP contribution in [0.4, 0.5) is 17.6 Å². The molecular weight excluding hydrogens is 773 g/mol. The summed E-state index contributed by atoms with van der Waals surface area (Å²) in [4.78, 5) is 16.2. The summed E-state index contributed by atoms with van der Waals surface area (Å²) >= 11 is 0. The second-order valence-electron chi connectivity index (χ2n) is 14.0. The topological polar surface area (TPSA) is 121 Å². The molecule has 6 rings (SSSR count). The molecule has 0 amide bonds.